The van der Waals surface area contributed by atoms with Crippen LogP contribution < -0.4 is 10.4 Å². The van der Waals surface area contributed by atoms with E-state index in [9.17, 15) is 19.1 Å². The van der Waals surface area contributed by atoms with E-state index in [0.29, 0.717) is 11.3 Å². The van der Waals surface area contributed by atoms with Gasteiger partial charge in [-0.05, 0) is 30.2 Å². The van der Waals surface area contributed by atoms with Gasteiger partial charge >= 0.3 is 5.97 Å². The number of aliphatic imine (C=N–C) groups is 1. The fraction of sp³-hybridized carbons (Fsp3) is 0.158. The minimum absolute atomic E-state index is 0.00650. The summed E-state index contributed by atoms with van der Waals surface area (Å²) in [4.78, 5) is 31.7. The molecule has 138 valence electrons. The van der Waals surface area contributed by atoms with E-state index in [1.165, 1.54) is 49.7 Å². The number of aromatic nitrogens is 1. The van der Waals surface area contributed by atoms with Crippen molar-refractivity contribution in [2.45, 2.75) is 13.0 Å². The molecule has 0 spiro atoms. The number of nitrogens with zero attached hydrogens (tertiary/aromatic N) is 2. The lowest BCUT2D eigenvalue weighted by Crippen LogP contribution is -2.33. The minimum Gasteiger partial charge on any atom is -0.545 e. The summed E-state index contributed by atoms with van der Waals surface area (Å²) in [5.74, 6) is -2.32. The molecule has 0 radical (unpaired) electrons. The third-order valence-corrected chi connectivity index (χ3v) is 4.09. The van der Waals surface area contributed by atoms with Crippen LogP contribution in [0.4, 0.5) is 4.39 Å². The highest BCUT2D eigenvalue weighted by atomic mass is 19.1. The van der Waals surface area contributed by atoms with Crippen LogP contribution >= 0.6 is 0 Å². The number of aromatic carboxylic acids is 1. The summed E-state index contributed by atoms with van der Waals surface area (Å²) in [6, 6.07) is 7.65. The zero-order chi connectivity index (χ0) is 19.6. The summed E-state index contributed by atoms with van der Waals surface area (Å²) in [5.41, 5.74) is 1.21. The van der Waals surface area contributed by atoms with Crippen molar-refractivity contribution in [1.82, 2.24) is 10.3 Å². The monoisotopic (exact) mass is 368 g/mol. The molecule has 0 amide bonds. The first-order valence-electron chi connectivity index (χ1n) is 7.98. The number of benzene rings is 1. The molecule has 0 saturated heterocycles. The lowest BCUT2D eigenvalue weighted by Gasteiger charge is -2.26. The van der Waals surface area contributed by atoms with Gasteiger partial charge in [0.25, 0.3) is 0 Å². The van der Waals surface area contributed by atoms with Crippen LogP contribution in [0.5, 0.6) is 0 Å². The minimum atomic E-state index is -1.31. The number of ether oxygens (including phenoxy) is 1. The second-order valence-electron chi connectivity index (χ2n) is 5.78. The Morgan fingerprint density at radius 1 is 1.22 bits per heavy atom. The SMILES string of the molecule is COC(=O)C1=C(C)NC(c2ncccc2F)=NC1c1ccc(C(=O)[O-])cc1. The second-order valence-corrected chi connectivity index (χ2v) is 5.78. The molecule has 1 aromatic carbocycles. The molecular weight excluding hydrogens is 353 g/mol. The normalized spacial score (nSPS) is 16.4. The zero-order valence-electron chi connectivity index (χ0n) is 14.5. The van der Waals surface area contributed by atoms with Crippen LogP contribution in [-0.2, 0) is 9.53 Å². The number of methoxy groups -OCH3 is 1. The number of amidine groups is 1. The van der Waals surface area contributed by atoms with Gasteiger partial charge in [0, 0.05) is 11.9 Å². The molecule has 0 bridgehead atoms. The average molecular weight is 368 g/mol. The molecule has 1 aromatic heterocycles. The van der Waals surface area contributed by atoms with E-state index in [1.54, 1.807) is 6.92 Å². The molecule has 0 aliphatic carbocycles. The standard InChI is InChI=1S/C19H16FN3O4/c1-10-14(19(26)27-2)15(11-5-7-12(8-6-11)18(24)25)23-17(22-10)16-13(20)4-3-9-21-16/h3-9,15H,1-2H3,(H,22,23)(H,24,25)/p-1. The van der Waals surface area contributed by atoms with E-state index >= 15 is 0 Å². The molecule has 8 heteroatoms. The molecule has 2 aromatic rings. The van der Waals surface area contributed by atoms with Crippen LogP contribution in [0.25, 0.3) is 0 Å². The van der Waals surface area contributed by atoms with Crippen LogP contribution in [0, 0.1) is 5.82 Å². The van der Waals surface area contributed by atoms with Crippen molar-refractivity contribution in [3.05, 3.63) is 76.5 Å². The number of nitrogens with one attached hydrogen (secondary N) is 1. The molecule has 2 heterocycles. The number of esters is 1. The average Bonchev–Trinajstić information content (AvgIpc) is 2.67. The van der Waals surface area contributed by atoms with E-state index < -0.39 is 23.8 Å². The number of pyridine rings is 1. The smallest absolute Gasteiger partial charge is 0.338 e. The van der Waals surface area contributed by atoms with Crippen LogP contribution in [0.2, 0.25) is 0 Å². The maximum absolute atomic E-state index is 14.1. The van der Waals surface area contributed by atoms with Gasteiger partial charge in [-0.2, -0.15) is 0 Å². The summed E-state index contributed by atoms with van der Waals surface area (Å²) < 4.78 is 19.0. The predicted molar refractivity (Wildman–Crippen MR) is 92.1 cm³/mol. The Kier molecular flexibility index (Phi) is 4.98. The van der Waals surface area contributed by atoms with E-state index in [2.05, 4.69) is 15.3 Å². The topological polar surface area (TPSA) is 104 Å². The van der Waals surface area contributed by atoms with Crippen LogP contribution in [0.15, 0.2) is 58.9 Å². The van der Waals surface area contributed by atoms with Gasteiger partial charge < -0.3 is 20.0 Å². The molecule has 1 atom stereocenters. The van der Waals surface area contributed by atoms with Crippen LogP contribution in [0.3, 0.4) is 0 Å². The molecule has 1 aliphatic heterocycles. The van der Waals surface area contributed by atoms with Crippen molar-refractivity contribution in [2.24, 2.45) is 4.99 Å². The van der Waals surface area contributed by atoms with Gasteiger partial charge in [0.05, 0.1) is 18.7 Å². The number of halogens is 1. The molecule has 27 heavy (non-hydrogen) atoms. The molecule has 3 rings (SSSR count). The quantitative estimate of drug-likeness (QED) is 0.811. The molecule has 7 nitrogen and oxygen atoms in total. The maximum atomic E-state index is 14.1. The Balaban J connectivity index is 2.11. The van der Waals surface area contributed by atoms with Crippen molar-refractivity contribution in [3.63, 3.8) is 0 Å². The summed E-state index contributed by atoms with van der Waals surface area (Å²) >= 11 is 0. The third kappa shape index (κ3) is 3.55. The van der Waals surface area contributed by atoms with Crippen molar-refractivity contribution < 1.29 is 23.8 Å². The van der Waals surface area contributed by atoms with Crippen molar-refractivity contribution in [1.29, 1.82) is 0 Å². The van der Waals surface area contributed by atoms with E-state index in [-0.39, 0.29) is 22.7 Å². The molecule has 0 saturated carbocycles. The van der Waals surface area contributed by atoms with E-state index in [1.807, 2.05) is 0 Å². The largest absolute Gasteiger partial charge is 0.545 e. The van der Waals surface area contributed by atoms with Gasteiger partial charge in [-0.25, -0.2) is 14.2 Å². The van der Waals surface area contributed by atoms with Gasteiger partial charge in [0.1, 0.15) is 11.7 Å². The second kappa shape index (κ2) is 7.36. The molecular formula is C19H15FN3O4-. The van der Waals surface area contributed by atoms with Gasteiger partial charge in [-0.15, -0.1) is 0 Å². The summed E-state index contributed by atoms with van der Waals surface area (Å²) in [5, 5.41) is 13.8. The molecule has 1 N–H and O–H groups in total. The summed E-state index contributed by atoms with van der Waals surface area (Å²) in [6.45, 7) is 1.64. The van der Waals surface area contributed by atoms with Crippen molar-refractivity contribution in [3.8, 4) is 0 Å². The van der Waals surface area contributed by atoms with Crippen LogP contribution in [-0.4, -0.2) is 29.9 Å². The fourth-order valence-corrected chi connectivity index (χ4v) is 2.77. The maximum Gasteiger partial charge on any atom is 0.338 e. The summed E-state index contributed by atoms with van der Waals surface area (Å²) in [6.07, 6.45) is 1.43. The highest BCUT2D eigenvalue weighted by molar-refractivity contribution is 6.02. The lowest BCUT2D eigenvalue weighted by atomic mass is 9.95. The number of carboxylic acids is 1. The Labute approximate surface area is 154 Å². The third-order valence-electron chi connectivity index (χ3n) is 4.09. The highest BCUT2D eigenvalue weighted by Crippen LogP contribution is 2.32. The van der Waals surface area contributed by atoms with Gasteiger partial charge in [0.15, 0.2) is 11.7 Å². The number of hydrogen-bond acceptors (Lipinski definition) is 7. The Hall–Kier alpha value is -3.55. The molecule has 1 unspecified atom stereocenters. The number of allylic oxidation sites excluding steroid dienone is 1. The predicted octanol–water partition coefficient (Wildman–Crippen LogP) is 1.12. The number of carbonyl (C=O) groups excluding carboxylic acids is 2. The van der Waals surface area contributed by atoms with Gasteiger partial charge in [-0.3, -0.25) is 4.99 Å². The Bertz CT molecular complexity index is 967. The first-order chi connectivity index (χ1) is 12.9. The van der Waals surface area contributed by atoms with Crippen LogP contribution in [0.1, 0.15) is 34.6 Å². The van der Waals surface area contributed by atoms with Crippen molar-refractivity contribution >= 4 is 17.8 Å². The Morgan fingerprint density at radius 2 is 1.93 bits per heavy atom. The number of carbonyl (C=O) groups is 2. The number of rotatable bonds is 4. The first kappa shape index (κ1) is 18.2. The van der Waals surface area contributed by atoms with Crippen molar-refractivity contribution in [2.75, 3.05) is 7.11 Å². The Morgan fingerprint density at radius 3 is 2.52 bits per heavy atom. The zero-order valence-corrected chi connectivity index (χ0v) is 14.5. The summed E-state index contributed by atoms with van der Waals surface area (Å²) in [7, 11) is 1.25. The van der Waals surface area contributed by atoms with E-state index in [4.69, 9.17) is 4.74 Å². The highest BCUT2D eigenvalue weighted by Gasteiger charge is 2.31. The lowest BCUT2D eigenvalue weighted by molar-refractivity contribution is -0.255. The number of hydrogen-bond donors (Lipinski definition) is 1. The molecule has 0 fully saturated rings. The van der Waals surface area contributed by atoms with Gasteiger partial charge in [-0.1, -0.05) is 24.3 Å². The van der Waals surface area contributed by atoms with E-state index in [0.717, 1.165) is 0 Å². The molecule has 1 aliphatic rings. The van der Waals surface area contributed by atoms with Gasteiger partial charge in [0.2, 0.25) is 0 Å². The first-order valence-corrected chi connectivity index (χ1v) is 7.98. The number of carboxylic acid groups (broad SMARTS) is 1. The fourth-order valence-electron chi connectivity index (χ4n) is 2.77.